The second-order valence-corrected chi connectivity index (χ2v) is 7.13. The molecule has 3 N–H and O–H groups in total. The molecule has 22 heavy (non-hydrogen) atoms. The minimum absolute atomic E-state index is 0.0327. The van der Waals surface area contributed by atoms with E-state index in [2.05, 4.69) is 5.32 Å². The Hall–Kier alpha value is -1.94. The number of rotatable bonds is 4. The fourth-order valence-electron chi connectivity index (χ4n) is 2.14. The molecule has 118 valence electrons. The molecule has 0 aromatic heterocycles. The van der Waals surface area contributed by atoms with Crippen molar-refractivity contribution in [1.82, 2.24) is 0 Å². The van der Waals surface area contributed by atoms with Crippen molar-refractivity contribution < 1.29 is 25.9 Å². The molecule has 2 aromatic rings. The largest absolute Gasteiger partial charge is 0.387 e. The van der Waals surface area contributed by atoms with Crippen LogP contribution < -0.4 is 5.32 Å². The Balaban J connectivity index is 2.92. The number of benzene rings is 2. The van der Waals surface area contributed by atoms with Gasteiger partial charge >= 0.3 is 0 Å². The summed E-state index contributed by atoms with van der Waals surface area (Å²) in [5, 5.41) is 2.62. The first-order valence-electron chi connectivity index (χ1n) is 6.01. The third-order valence-electron chi connectivity index (χ3n) is 3.00. The Morgan fingerprint density at radius 1 is 0.818 bits per heavy atom. The zero-order valence-corrected chi connectivity index (χ0v) is 13.0. The summed E-state index contributed by atoms with van der Waals surface area (Å²) in [5.74, 6) is 0. The summed E-state index contributed by atoms with van der Waals surface area (Å²) < 4.78 is 65.0. The predicted octanol–water partition coefficient (Wildman–Crippen LogP) is 1.89. The third kappa shape index (κ3) is 3.12. The van der Waals surface area contributed by atoms with Gasteiger partial charge in [0.25, 0.3) is 20.2 Å². The first-order chi connectivity index (χ1) is 10.2. The number of hydrogen-bond donors (Lipinski definition) is 3. The summed E-state index contributed by atoms with van der Waals surface area (Å²) in [4.78, 5) is -0.915. The quantitative estimate of drug-likeness (QED) is 0.725. The van der Waals surface area contributed by atoms with Crippen LogP contribution in [0.2, 0.25) is 0 Å². The van der Waals surface area contributed by atoms with Crippen molar-refractivity contribution in [3.05, 3.63) is 42.5 Å². The van der Waals surface area contributed by atoms with E-state index < -0.39 is 30.0 Å². The van der Waals surface area contributed by atoms with E-state index >= 15 is 0 Å². The molecule has 0 fully saturated rings. The zero-order chi connectivity index (χ0) is 16.5. The van der Waals surface area contributed by atoms with Gasteiger partial charge < -0.3 is 5.32 Å². The van der Waals surface area contributed by atoms with Gasteiger partial charge in [0.1, 0.15) is 9.79 Å². The van der Waals surface area contributed by atoms with E-state index in [0.717, 1.165) is 6.07 Å². The van der Waals surface area contributed by atoms with Crippen LogP contribution in [0.15, 0.2) is 52.3 Å². The number of hydrogen-bond acceptors (Lipinski definition) is 5. The summed E-state index contributed by atoms with van der Waals surface area (Å²) in [7, 11) is -7.73. The molecule has 0 unspecified atom stereocenters. The highest BCUT2D eigenvalue weighted by atomic mass is 32.2. The first-order valence-corrected chi connectivity index (χ1v) is 8.89. The lowest BCUT2D eigenvalue weighted by molar-refractivity contribution is 0.480. The van der Waals surface area contributed by atoms with Crippen LogP contribution in [0.5, 0.6) is 0 Å². The van der Waals surface area contributed by atoms with E-state index in [9.17, 15) is 25.9 Å². The molecule has 2 rings (SSSR count). The number of nitrogens with one attached hydrogen (secondary N) is 1. The van der Waals surface area contributed by atoms with Crippen molar-refractivity contribution in [2.24, 2.45) is 0 Å². The molecule has 0 aliphatic carbocycles. The third-order valence-corrected chi connectivity index (χ3v) is 4.87. The monoisotopic (exact) mass is 343 g/mol. The van der Waals surface area contributed by atoms with Crippen LogP contribution in [-0.2, 0) is 20.2 Å². The molecule has 9 heteroatoms. The van der Waals surface area contributed by atoms with E-state index in [-0.39, 0.29) is 16.8 Å². The molecule has 0 atom stereocenters. The fourth-order valence-corrected chi connectivity index (χ4v) is 3.75. The second kappa shape index (κ2) is 5.69. The first kappa shape index (κ1) is 16.4. The standard InChI is InChI=1S/C13H13NO6S2/c1-14-11-7-4-6-10(13(11)22(18,19)20)9-5-2-3-8-12(9)21(15,16)17/h2-8,14H,1H3,(H,15,16,17)(H,18,19,20). The van der Waals surface area contributed by atoms with Crippen molar-refractivity contribution in [3.63, 3.8) is 0 Å². The highest BCUT2D eigenvalue weighted by molar-refractivity contribution is 7.86. The Morgan fingerprint density at radius 2 is 1.41 bits per heavy atom. The smallest absolute Gasteiger partial charge is 0.297 e. The Kier molecular flexibility index (Phi) is 4.25. The minimum atomic E-state index is -4.63. The minimum Gasteiger partial charge on any atom is -0.387 e. The van der Waals surface area contributed by atoms with Crippen molar-refractivity contribution in [3.8, 4) is 11.1 Å². The van der Waals surface area contributed by atoms with Crippen LogP contribution in [0.1, 0.15) is 0 Å². The topological polar surface area (TPSA) is 121 Å². The van der Waals surface area contributed by atoms with Crippen LogP contribution in [0.25, 0.3) is 11.1 Å². The summed E-state index contributed by atoms with van der Waals surface area (Å²) >= 11 is 0. The van der Waals surface area contributed by atoms with Crippen LogP contribution >= 0.6 is 0 Å². The van der Waals surface area contributed by atoms with Crippen molar-refractivity contribution >= 4 is 25.9 Å². The normalized spacial score (nSPS) is 12.1. The van der Waals surface area contributed by atoms with E-state index in [1.165, 1.54) is 43.4 Å². The van der Waals surface area contributed by atoms with Gasteiger partial charge in [-0.3, -0.25) is 9.11 Å². The van der Waals surface area contributed by atoms with Gasteiger partial charge in [-0.1, -0.05) is 30.3 Å². The average molecular weight is 343 g/mol. The fraction of sp³-hybridized carbons (Fsp3) is 0.0769. The molecular formula is C13H13NO6S2. The molecule has 2 aromatic carbocycles. The van der Waals surface area contributed by atoms with E-state index in [4.69, 9.17) is 0 Å². The summed E-state index contributed by atoms with van der Waals surface area (Å²) in [6.07, 6.45) is 0. The molecule has 0 aliphatic heterocycles. The van der Waals surface area contributed by atoms with Gasteiger partial charge in [0.15, 0.2) is 0 Å². The zero-order valence-electron chi connectivity index (χ0n) is 11.4. The SMILES string of the molecule is CNc1cccc(-c2ccccc2S(=O)(=O)O)c1S(=O)(=O)O. The molecule has 0 heterocycles. The lowest BCUT2D eigenvalue weighted by atomic mass is 10.0. The van der Waals surface area contributed by atoms with Crippen molar-refractivity contribution in [1.29, 1.82) is 0 Å². The molecule has 0 radical (unpaired) electrons. The van der Waals surface area contributed by atoms with Crippen LogP contribution in [-0.4, -0.2) is 33.0 Å². The van der Waals surface area contributed by atoms with Gasteiger partial charge in [-0.05, 0) is 12.1 Å². The van der Waals surface area contributed by atoms with Gasteiger partial charge in [0, 0.05) is 18.2 Å². The molecule has 0 amide bonds. The Labute approximate surface area is 128 Å². The van der Waals surface area contributed by atoms with Crippen LogP contribution in [0.4, 0.5) is 5.69 Å². The summed E-state index contributed by atoms with van der Waals surface area (Å²) in [6, 6.07) is 9.62. The lowest BCUT2D eigenvalue weighted by Gasteiger charge is -2.14. The molecule has 7 nitrogen and oxygen atoms in total. The van der Waals surface area contributed by atoms with Gasteiger partial charge in [0.2, 0.25) is 0 Å². The Bertz CT molecular complexity index is 919. The van der Waals surface area contributed by atoms with Crippen LogP contribution in [0, 0.1) is 0 Å². The molecule has 0 aliphatic rings. The van der Waals surface area contributed by atoms with Gasteiger partial charge in [-0.2, -0.15) is 16.8 Å². The molecule has 0 spiro atoms. The highest BCUT2D eigenvalue weighted by Crippen LogP contribution is 2.36. The maximum Gasteiger partial charge on any atom is 0.297 e. The van der Waals surface area contributed by atoms with Crippen molar-refractivity contribution in [2.75, 3.05) is 12.4 Å². The molecule has 0 bridgehead atoms. The molecular weight excluding hydrogens is 330 g/mol. The van der Waals surface area contributed by atoms with Gasteiger partial charge in [-0.25, -0.2) is 0 Å². The number of anilines is 1. The molecule has 0 saturated heterocycles. The predicted molar refractivity (Wildman–Crippen MR) is 81.1 cm³/mol. The molecule has 0 saturated carbocycles. The lowest BCUT2D eigenvalue weighted by Crippen LogP contribution is -2.07. The average Bonchev–Trinajstić information content (AvgIpc) is 2.44. The summed E-state index contributed by atoms with van der Waals surface area (Å²) in [6.45, 7) is 0. The van der Waals surface area contributed by atoms with E-state index in [1.807, 2.05) is 0 Å². The summed E-state index contributed by atoms with van der Waals surface area (Å²) in [5.41, 5.74) is 0.0300. The van der Waals surface area contributed by atoms with Gasteiger partial charge in [0.05, 0.1) is 5.69 Å². The maximum atomic E-state index is 11.7. The van der Waals surface area contributed by atoms with Gasteiger partial charge in [-0.15, -0.1) is 0 Å². The second-order valence-electron chi connectivity index (χ2n) is 4.38. The highest BCUT2D eigenvalue weighted by Gasteiger charge is 2.24. The Morgan fingerprint density at radius 3 is 1.95 bits per heavy atom. The van der Waals surface area contributed by atoms with E-state index in [1.54, 1.807) is 0 Å². The van der Waals surface area contributed by atoms with Crippen molar-refractivity contribution in [2.45, 2.75) is 9.79 Å². The maximum absolute atomic E-state index is 11.7. The van der Waals surface area contributed by atoms with E-state index in [0.29, 0.717) is 0 Å². The van der Waals surface area contributed by atoms with Crippen LogP contribution in [0.3, 0.4) is 0 Å².